The molecule has 2 unspecified atom stereocenters. The summed E-state index contributed by atoms with van der Waals surface area (Å²) in [6, 6.07) is 5.00. The van der Waals surface area contributed by atoms with Crippen LogP contribution in [0.1, 0.15) is 43.7 Å². The fraction of sp³-hybridized carbons (Fsp3) is 0.625. The van der Waals surface area contributed by atoms with Crippen LogP contribution >= 0.6 is 0 Å². The molecule has 3 aliphatic heterocycles. The van der Waals surface area contributed by atoms with E-state index in [9.17, 15) is 19.5 Å². The number of hydrogen-bond acceptors (Lipinski definition) is 5. The summed E-state index contributed by atoms with van der Waals surface area (Å²) in [7, 11) is 0. The number of fused-ring (bicyclic) bond motifs is 1. The van der Waals surface area contributed by atoms with Crippen LogP contribution in [0.2, 0.25) is 0 Å². The number of nitrogens with one attached hydrogen (secondary N) is 2. The molecule has 1 aromatic rings. The van der Waals surface area contributed by atoms with E-state index in [-0.39, 0.29) is 37.0 Å². The van der Waals surface area contributed by atoms with Crippen LogP contribution in [-0.2, 0) is 19.1 Å². The van der Waals surface area contributed by atoms with Gasteiger partial charge in [0, 0.05) is 25.4 Å². The zero-order valence-corrected chi connectivity index (χ0v) is 19.0. The van der Waals surface area contributed by atoms with Gasteiger partial charge in [0.05, 0.1) is 17.9 Å². The molecule has 32 heavy (non-hydrogen) atoms. The van der Waals surface area contributed by atoms with Gasteiger partial charge in [0.15, 0.2) is 0 Å². The number of anilines is 1. The Balaban J connectivity index is 1.67. The molecule has 3 amide bonds. The van der Waals surface area contributed by atoms with Gasteiger partial charge >= 0.3 is 0 Å². The quantitative estimate of drug-likeness (QED) is 0.565. The van der Waals surface area contributed by atoms with E-state index in [0.717, 1.165) is 17.5 Å². The maximum atomic E-state index is 13.6. The number of amides is 3. The Morgan fingerprint density at radius 2 is 2.06 bits per heavy atom. The first-order chi connectivity index (χ1) is 15.3. The van der Waals surface area contributed by atoms with Gasteiger partial charge in [-0.15, -0.1) is 0 Å². The van der Waals surface area contributed by atoms with Crippen LogP contribution in [0.4, 0.5) is 5.69 Å². The van der Waals surface area contributed by atoms with Crippen molar-refractivity contribution < 1.29 is 24.2 Å². The fourth-order valence-corrected chi connectivity index (χ4v) is 5.67. The highest BCUT2D eigenvalue weighted by molar-refractivity contribution is 6.03. The molecule has 8 nitrogen and oxygen atoms in total. The predicted molar refractivity (Wildman–Crippen MR) is 119 cm³/mol. The van der Waals surface area contributed by atoms with Crippen molar-refractivity contribution in [1.82, 2.24) is 10.2 Å². The van der Waals surface area contributed by atoms with Crippen molar-refractivity contribution in [2.24, 2.45) is 11.8 Å². The molecular weight excluding hydrogens is 410 g/mol. The van der Waals surface area contributed by atoms with Crippen LogP contribution in [0.15, 0.2) is 18.2 Å². The molecule has 3 fully saturated rings. The van der Waals surface area contributed by atoms with Crippen LogP contribution in [0.25, 0.3) is 0 Å². The molecular formula is C24H33N3O5. The molecule has 3 N–H and O–H groups in total. The van der Waals surface area contributed by atoms with Gasteiger partial charge in [0.2, 0.25) is 17.7 Å². The second-order valence-corrected chi connectivity index (χ2v) is 9.26. The summed E-state index contributed by atoms with van der Waals surface area (Å²) >= 11 is 0. The highest BCUT2D eigenvalue weighted by atomic mass is 16.5. The zero-order valence-electron chi connectivity index (χ0n) is 19.0. The number of likely N-dealkylation sites (tertiary alicyclic amines) is 1. The molecule has 4 rings (SSSR count). The van der Waals surface area contributed by atoms with Crippen molar-refractivity contribution in [3.05, 3.63) is 29.3 Å². The summed E-state index contributed by atoms with van der Waals surface area (Å²) < 4.78 is 6.36. The van der Waals surface area contributed by atoms with Gasteiger partial charge in [-0.25, -0.2) is 0 Å². The molecule has 3 aliphatic rings. The second kappa shape index (κ2) is 8.83. The molecule has 5 atom stereocenters. The van der Waals surface area contributed by atoms with Crippen molar-refractivity contribution in [3.8, 4) is 0 Å². The lowest BCUT2D eigenvalue weighted by Crippen LogP contribution is -2.53. The molecule has 0 aromatic heterocycles. The molecule has 3 heterocycles. The largest absolute Gasteiger partial charge is 0.396 e. The van der Waals surface area contributed by atoms with E-state index in [1.54, 1.807) is 0 Å². The summed E-state index contributed by atoms with van der Waals surface area (Å²) in [5.41, 5.74) is 1.65. The summed E-state index contributed by atoms with van der Waals surface area (Å²) in [4.78, 5) is 41.7. The first kappa shape index (κ1) is 22.7. The lowest BCUT2D eigenvalue weighted by Gasteiger charge is -2.33. The standard InChI is InChI=1S/C24H33N3O5/c1-4-10-25-21(29)18-17-8-9-24(32-17)19(18)23(31)27(11-5-12-28)20(24)22(30)26-16-13-14(2)6-7-15(16)3/h6-7,13,17-20,28H,4-5,8-12H2,1-3H3,(H,25,29)(H,26,30)/t17-,18+,19+,20?,24?/m1/s1. The smallest absolute Gasteiger partial charge is 0.250 e. The molecule has 3 saturated heterocycles. The molecule has 0 radical (unpaired) electrons. The summed E-state index contributed by atoms with van der Waals surface area (Å²) in [6.45, 7) is 6.56. The number of rotatable bonds is 8. The third kappa shape index (κ3) is 3.59. The predicted octanol–water partition coefficient (Wildman–Crippen LogP) is 1.53. The third-order valence-electron chi connectivity index (χ3n) is 7.11. The Hall–Kier alpha value is -2.45. The number of hydrogen-bond donors (Lipinski definition) is 3. The monoisotopic (exact) mass is 443 g/mol. The van der Waals surface area contributed by atoms with Gasteiger partial charge < -0.3 is 25.4 Å². The number of nitrogens with zero attached hydrogens (tertiary/aromatic N) is 1. The molecule has 0 aliphatic carbocycles. The van der Waals surface area contributed by atoms with Gasteiger partial charge in [-0.3, -0.25) is 14.4 Å². The van der Waals surface area contributed by atoms with Gasteiger partial charge in [-0.05, 0) is 56.7 Å². The Bertz CT molecular complexity index is 919. The van der Waals surface area contributed by atoms with Crippen molar-refractivity contribution in [2.45, 2.75) is 64.2 Å². The minimum atomic E-state index is -1.01. The molecule has 2 bridgehead atoms. The van der Waals surface area contributed by atoms with E-state index in [1.165, 1.54) is 4.90 Å². The van der Waals surface area contributed by atoms with Crippen LogP contribution in [0.5, 0.6) is 0 Å². The van der Waals surface area contributed by atoms with Crippen LogP contribution in [0.3, 0.4) is 0 Å². The van der Waals surface area contributed by atoms with Crippen molar-refractivity contribution >= 4 is 23.4 Å². The summed E-state index contributed by atoms with van der Waals surface area (Å²) in [5, 5.41) is 15.3. The van der Waals surface area contributed by atoms with Crippen molar-refractivity contribution in [2.75, 3.05) is 25.0 Å². The molecule has 0 saturated carbocycles. The van der Waals surface area contributed by atoms with Crippen LogP contribution in [-0.4, -0.2) is 65.2 Å². The summed E-state index contributed by atoms with van der Waals surface area (Å²) in [6.07, 6.45) is 2.02. The zero-order chi connectivity index (χ0) is 23.0. The second-order valence-electron chi connectivity index (χ2n) is 9.26. The van der Waals surface area contributed by atoms with Crippen molar-refractivity contribution in [3.63, 3.8) is 0 Å². The highest BCUT2D eigenvalue weighted by Crippen LogP contribution is 2.58. The Morgan fingerprint density at radius 1 is 1.28 bits per heavy atom. The molecule has 1 spiro atoms. The summed E-state index contributed by atoms with van der Waals surface area (Å²) in [5.74, 6) is -1.96. The van der Waals surface area contributed by atoms with E-state index in [0.29, 0.717) is 31.5 Å². The number of aliphatic hydroxyl groups excluding tert-OH is 1. The maximum absolute atomic E-state index is 13.6. The topological polar surface area (TPSA) is 108 Å². The van der Waals surface area contributed by atoms with Gasteiger partial charge in [0.25, 0.3) is 0 Å². The van der Waals surface area contributed by atoms with E-state index < -0.39 is 23.5 Å². The normalized spacial score (nSPS) is 30.5. The average Bonchev–Trinajstić information content (AvgIpc) is 3.40. The van der Waals surface area contributed by atoms with E-state index >= 15 is 0 Å². The van der Waals surface area contributed by atoms with Gasteiger partial charge in [-0.1, -0.05) is 19.1 Å². The van der Waals surface area contributed by atoms with Crippen molar-refractivity contribution in [1.29, 1.82) is 0 Å². The van der Waals surface area contributed by atoms with E-state index in [1.807, 2.05) is 39.0 Å². The Kier molecular flexibility index (Phi) is 6.27. The van der Waals surface area contributed by atoms with Crippen LogP contribution in [0, 0.1) is 25.7 Å². The van der Waals surface area contributed by atoms with Gasteiger partial charge in [-0.2, -0.15) is 0 Å². The molecule has 174 valence electrons. The first-order valence-electron chi connectivity index (χ1n) is 11.6. The number of aliphatic hydroxyl groups is 1. The highest BCUT2D eigenvalue weighted by Gasteiger charge is 2.74. The van der Waals surface area contributed by atoms with E-state index in [4.69, 9.17) is 4.74 Å². The lowest BCUT2D eigenvalue weighted by molar-refractivity contribution is -0.141. The lowest BCUT2D eigenvalue weighted by atomic mass is 9.70. The minimum Gasteiger partial charge on any atom is -0.396 e. The number of carbonyl (C=O) groups excluding carboxylic acids is 3. The Labute approximate surface area is 188 Å². The fourth-order valence-electron chi connectivity index (χ4n) is 5.67. The first-order valence-corrected chi connectivity index (χ1v) is 11.6. The average molecular weight is 444 g/mol. The third-order valence-corrected chi connectivity index (χ3v) is 7.11. The number of benzene rings is 1. The number of aryl methyl sites for hydroxylation is 2. The molecule has 8 heteroatoms. The van der Waals surface area contributed by atoms with E-state index in [2.05, 4.69) is 10.6 Å². The van der Waals surface area contributed by atoms with Gasteiger partial charge in [0.1, 0.15) is 11.6 Å². The Morgan fingerprint density at radius 3 is 2.78 bits per heavy atom. The molecule has 1 aromatic carbocycles. The minimum absolute atomic E-state index is 0.0866. The number of ether oxygens (including phenoxy) is 1. The number of carbonyl (C=O) groups is 3. The SMILES string of the molecule is CCCNC(=O)[C@@H]1[C@H]2C(=O)N(CCCO)C(C(=O)Nc3cc(C)ccc3C)C23CC[C@H]1O3. The maximum Gasteiger partial charge on any atom is 0.250 e. The van der Waals surface area contributed by atoms with Crippen LogP contribution < -0.4 is 10.6 Å².